The maximum Gasteiger partial charge on any atom is 0.126 e. The van der Waals surface area contributed by atoms with Crippen LogP contribution in [0.2, 0.25) is 0 Å². The molecule has 0 fully saturated rings. The van der Waals surface area contributed by atoms with E-state index < -0.39 is 0 Å². The second-order valence-corrected chi connectivity index (χ2v) is 4.47. The molecule has 0 radical (unpaired) electrons. The van der Waals surface area contributed by atoms with Crippen LogP contribution in [0.1, 0.15) is 45.1 Å². The Balaban J connectivity index is 2.43. The molecule has 90 valence electrons. The van der Waals surface area contributed by atoms with E-state index in [-0.39, 0.29) is 0 Å². The minimum Gasteiger partial charge on any atom is -0.397 e. The van der Waals surface area contributed by atoms with Crippen molar-refractivity contribution in [2.24, 2.45) is 0 Å². The molecule has 16 heavy (non-hydrogen) atoms. The van der Waals surface area contributed by atoms with Gasteiger partial charge in [0.15, 0.2) is 0 Å². The van der Waals surface area contributed by atoms with Crippen LogP contribution in [0.4, 0.5) is 11.5 Å². The first-order valence-corrected chi connectivity index (χ1v) is 6.12. The summed E-state index contributed by atoms with van der Waals surface area (Å²) in [7, 11) is 0. The van der Waals surface area contributed by atoms with Gasteiger partial charge in [-0.3, -0.25) is 0 Å². The Morgan fingerprint density at radius 2 is 2.19 bits per heavy atom. The molecule has 3 N–H and O–H groups in total. The molecule has 1 unspecified atom stereocenters. The molecule has 1 aromatic rings. The topological polar surface area (TPSA) is 50.9 Å². The van der Waals surface area contributed by atoms with Crippen molar-refractivity contribution in [1.29, 1.82) is 0 Å². The zero-order chi connectivity index (χ0) is 12.0. The van der Waals surface area contributed by atoms with Crippen molar-refractivity contribution in [2.45, 2.75) is 52.5 Å². The lowest BCUT2D eigenvalue weighted by Crippen LogP contribution is -2.16. The normalized spacial score (nSPS) is 12.4. The van der Waals surface area contributed by atoms with Crippen molar-refractivity contribution in [2.75, 3.05) is 11.1 Å². The third-order valence-electron chi connectivity index (χ3n) is 2.79. The standard InChI is InChI=1S/C13H23N3/c1-4-5-6-7-11(3)16-13-8-10(2)12(14)9-15-13/h8-9,11H,4-7,14H2,1-3H3,(H,15,16). The molecule has 0 aromatic carbocycles. The second kappa shape index (κ2) is 6.36. The molecule has 3 heteroatoms. The molecular weight excluding hydrogens is 198 g/mol. The Kier molecular flexibility index (Phi) is 5.09. The summed E-state index contributed by atoms with van der Waals surface area (Å²) < 4.78 is 0. The maximum absolute atomic E-state index is 5.73. The van der Waals surface area contributed by atoms with Crippen molar-refractivity contribution >= 4 is 11.5 Å². The second-order valence-electron chi connectivity index (χ2n) is 4.47. The predicted octanol–water partition coefficient (Wildman–Crippen LogP) is 3.35. The molecule has 0 aliphatic carbocycles. The van der Waals surface area contributed by atoms with Crippen LogP contribution in [0.15, 0.2) is 12.3 Å². The van der Waals surface area contributed by atoms with Crippen molar-refractivity contribution in [3.63, 3.8) is 0 Å². The largest absolute Gasteiger partial charge is 0.397 e. The molecule has 3 nitrogen and oxygen atoms in total. The van der Waals surface area contributed by atoms with Crippen LogP contribution in [0, 0.1) is 6.92 Å². The molecule has 1 rings (SSSR count). The van der Waals surface area contributed by atoms with Crippen LogP contribution in [-0.2, 0) is 0 Å². The van der Waals surface area contributed by atoms with Gasteiger partial charge < -0.3 is 11.1 Å². The first kappa shape index (κ1) is 12.8. The summed E-state index contributed by atoms with van der Waals surface area (Å²) in [5, 5.41) is 3.40. The monoisotopic (exact) mass is 221 g/mol. The number of nitrogens with two attached hydrogens (primary N) is 1. The molecule has 0 aliphatic rings. The average molecular weight is 221 g/mol. The summed E-state index contributed by atoms with van der Waals surface area (Å²) in [5.74, 6) is 0.927. The van der Waals surface area contributed by atoms with E-state index in [4.69, 9.17) is 5.73 Å². The number of aryl methyl sites for hydroxylation is 1. The van der Waals surface area contributed by atoms with Gasteiger partial charge in [-0.25, -0.2) is 4.98 Å². The molecule has 0 spiro atoms. The van der Waals surface area contributed by atoms with Crippen molar-refractivity contribution in [3.05, 3.63) is 17.8 Å². The van der Waals surface area contributed by atoms with E-state index in [0.717, 1.165) is 17.1 Å². The fourth-order valence-electron chi connectivity index (χ4n) is 1.67. The predicted molar refractivity (Wildman–Crippen MR) is 70.6 cm³/mol. The summed E-state index contributed by atoms with van der Waals surface area (Å²) in [5.41, 5.74) is 7.56. The van der Waals surface area contributed by atoms with Gasteiger partial charge in [0, 0.05) is 6.04 Å². The van der Waals surface area contributed by atoms with Crippen LogP contribution >= 0.6 is 0 Å². The van der Waals surface area contributed by atoms with Gasteiger partial charge in [-0.15, -0.1) is 0 Å². The Labute approximate surface area is 98.5 Å². The van der Waals surface area contributed by atoms with Crippen molar-refractivity contribution < 1.29 is 0 Å². The van der Waals surface area contributed by atoms with Crippen molar-refractivity contribution in [1.82, 2.24) is 4.98 Å². The molecule has 1 heterocycles. The first-order valence-electron chi connectivity index (χ1n) is 6.12. The van der Waals surface area contributed by atoms with E-state index in [2.05, 4.69) is 24.1 Å². The number of anilines is 2. The SMILES string of the molecule is CCCCCC(C)Nc1cc(C)c(N)cn1. The molecule has 0 bridgehead atoms. The van der Waals surface area contributed by atoms with E-state index in [9.17, 15) is 0 Å². The van der Waals surface area contributed by atoms with Gasteiger partial charge in [-0.1, -0.05) is 26.2 Å². The molecule has 0 saturated heterocycles. The molecule has 0 saturated carbocycles. The van der Waals surface area contributed by atoms with E-state index in [0.29, 0.717) is 6.04 Å². The number of rotatable bonds is 6. The number of unbranched alkanes of at least 4 members (excludes halogenated alkanes) is 2. The van der Waals surface area contributed by atoms with Gasteiger partial charge in [-0.05, 0) is 31.9 Å². The highest BCUT2D eigenvalue weighted by molar-refractivity contribution is 5.51. The summed E-state index contributed by atoms with van der Waals surface area (Å²) in [6.07, 6.45) is 6.76. The highest BCUT2D eigenvalue weighted by Crippen LogP contribution is 2.15. The Hall–Kier alpha value is -1.25. The van der Waals surface area contributed by atoms with Crippen LogP contribution in [0.3, 0.4) is 0 Å². The van der Waals surface area contributed by atoms with Crippen LogP contribution in [-0.4, -0.2) is 11.0 Å². The van der Waals surface area contributed by atoms with E-state index >= 15 is 0 Å². The molecule has 0 amide bonds. The lowest BCUT2D eigenvalue weighted by Gasteiger charge is -2.14. The van der Waals surface area contributed by atoms with Gasteiger partial charge >= 0.3 is 0 Å². The Morgan fingerprint density at radius 3 is 2.81 bits per heavy atom. The molecule has 0 aliphatic heterocycles. The minimum atomic E-state index is 0.474. The summed E-state index contributed by atoms with van der Waals surface area (Å²) in [6, 6.07) is 2.48. The van der Waals surface area contributed by atoms with Gasteiger partial charge in [0.1, 0.15) is 5.82 Å². The number of nitrogens with one attached hydrogen (secondary N) is 1. The Bertz CT molecular complexity index is 323. The zero-order valence-corrected chi connectivity index (χ0v) is 10.6. The number of aromatic nitrogens is 1. The smallest absolute Gasteiger partial charge is 0.126 e. The fourth-order valence-corrected chi connectivity index (χ4v) is 1.67. The summed E-state index contributed by atoms with van der Waals surface area (Å²) in [6.45, 7) is 6.43. The van der Waals surface area contributed by atoms with Gasteiger partial charge in [0.2, 0.25) is 0 Å². The lowest BCUT2D eigenvalue weighted by atomic mass is 10.1. The number of nitrogens with zero attached hydrogens (tertiary/aromatic N) is 1. The van der Waals surface area contributed by atoms with Gasteiger partial charge in [-0.2, -0.15) is 0 Å². The highest BCUT2D eigenvalue weighted by Gasteiger charge is 2.03. The van der Waals surface area contributed by atoms with E-state index in [1.165, 1.54) is 25.7 Å². The summed E-state index contributed by atoms with van der Waals surface area (Å²) in [4.78, 5) is 4.27. The van der Waals surface area contributed by atoms with Gasteiger partial charge in [0.05, 0.1) is 11.9 Å². The van der Waals surface area contributed by atoms with Gasteiger partial charge in [0.25, 0.3) is 0 Å². The number of hydrogen-bond donors (Lipinski definition) is 2. The van der Waals surface area contributed by atoms with Crippen LogP contribution in [0.5, 0.6) is 0 Å². The lowest BCUT2D eigenvalue weighted by molar-refractivity contribution is 0.614. The van der Waals surface area contributed by atoms with E-state index in [1.54, 1.807) is 6.20 Å². The number of hydrogen-bond acceptors (Lipinski definition) is 3. The zero-order valence-electron chi connectivity index (χ0n) is 10.6. The first-order chi connectivity index (χ1) is 7.63. The maximum atomic E-state index is 5.73. The fraction of sp³-hybridized carbons (Fsp3) is 0.615. The average Bonchev–Trinajstić information content (AvgIpc) is 2.24. The Morgan fingerprint density at radius 1 is 1.44 bits per heavy atom. The van der Waals surface area contributed by atoms with Crippen molar-refractivity contribution in [3.8, 4) is 0 Å². The third-order valence-corrected chi connectivity index (χ3v) is 2.79. The number of nitrogen functional groups attached to an aromatic ring is 1. The highest BCUT2D eigenvalue weighted by atomic mass is 15.0. The quantitative estimate of drug-likeness (QED) is 0.724. The minimum absolute atomic E-state index is 0.474. The van der Waals surface area contributed by atoms with Crippen LogP contribution < -0.4 is 11.1 Å². The molecular formula is C13H23N3. The summed E-state index contributed by atoms with van der Waals surface area (Å²) >= 11 is 0. The number of pyridine rings is 1. The third kappa shape index (κ3) is 4.09. The van der Waals surface area contributed by atoms with Crippen LogP contribution in [0.25, 0.3) is 0 Å². The van der Waals surface area contributed by atoms with E-state index in [1.807, 2.05) is 13.0 Å². The molecule has 1 aromatic heterocycles. The molecule has 1 atom stereocenters.